The van der Waals surface area contributed by atoms with Gasteiger partial charge in [0.2, 0.25) is 10.9 Å². The van der Waals surface area contributed by atoms with Crippen molar-refractivity contribution in [2.24, 2.45) is 0 Å². The lowest BCUT2D eigenvalue weighted by atomic mass is 10.2. The Kier molecular flexibility index (Phi) is 6.89. The van der Waals surface area contributed by atoms with Gasteiger partial charge in [-0.2, -0.15) is 0 Å². The first-order valence-electron chi connectivity index (χ1n) is 9.34. The summed E-state index contributed by atoms with van der Waals surface area (Å²) in [6.07, 6.45) is 2.07. The molecule has 8 heteroatoms. The minimum atomic E-state index is -0.275. The van der Waals surface area contributed by atoms with Crippen molar-refractivity contribution in [1.29, 1.82) is 0 Å². The number of nitrogens with zero attached hydrogens (tertiary/aromatic N) is 4. The molecule has 2 aromatic rings. The first kappa shape index (κ1) is 19.4. The highest BCUT2D eigenvalue weighted by molar-refractivity contribution is 7.13. The lowest BCUT2D eigenvalue weighted by Crippen LogP contribution is -2.48. The molecule has 1 aromatic heterocycles. The molecular formula is C19H25N5O2S. The van der Waals surface area contributed by atoms with Gasteiger partial charge in [0.1, 0.15) is 5.01 Å². The van der Waals surface area contributed by atoms with Gasteiger partial charge in [0, 0.05) is 44.7 Å². The van der Waals surface area contributed by atoms with Crippen LogP contribution in [0.3, 0.4) is 0 Å². The van der Waals surface area contributed by atoms with Gasteiger partial charge in [-0.05, 0) is 25.1 Å². The molecule has 3 rings (SSSR count). The predicted molar refractivity (Wildman–Crippen MR) is 106 cm³/mol. The molecule has 2 amide bonds. The smallest absolute Gasteiger partial charge is 0.286 e. The van der Waals surface area contributed by atoms with Crippen LogP contribution >= 0.6 is 11.3 Å². The Morgan fingerprint density at radius 3 is 2.56 bits per heavy atom. The van der Waals surface area contributed by atoms with Crippen molar-refractivity contribution in [3.05, 3.63) is 40.3 Å². The van der Waals surface area contributed by atoms with Crippen molar-refractivity contribution in [1.82, 2.24) is 20.0 Å². The number of aryl methyl sites for hydroxylation is 1. The standard InChI is InChI=1S/C19H25N5O2S/c1-2-10-23-11-13-24(14-12-23)17(25)9-8-16-21-22-19(27-16)18(26)20-15-6-4-3-5-7-15/h3-7H,2,8-14H2,1H3,(H,20,26). The van der Waals surface area contributed by atoms with Crippen LogP contribution in [0.1, 0.15) is 34.6 Å². The van der Waals surface area contributed by atoms with Crippen LogP contribution in [0.5, 0.6) is 0 Å². The largest absolute Gasteiger partial charge is 0.340 e. The average molecular weight is 388 g/mol. The molecule has 27 heavy (non-hydrogen) atoms. The molecule has 1 aliphatic rings. The molecule has 1 saturated heterocycles. The van der Waals surface area contributed by atoms with Crippen molar-refractivity contribution < 1.29 is 9.59 Å². The maximum Gasteiger partial charge on any atom is 0.286 e. The SMILES string of the molecule is CCCN1CCN(C(=O)CCc2nnc(C(=O)Nc3ccccc3)s2)CC1. The molecule has 0 unspecified atom stereocenters. The van der Waals surface area contributed by atoms with Crippen molar-refractivity contribution in [3.63, 3.8) is 0 Å². The number of piperazine rings is 1. The third kappa shape index (κ3) is 5.58. The topological polar surface area (TPSA) is 78.4 Å². The number of amides is 2. The number of para-hydroxylation sites is 1. The molecule has 1 aromatic carbocycles. The minimum Gasteiger partial charge on any atom is -0.340 e. The zero-order valence-corrected chi connectivity index (χ0v) is 16.4. The first-order valence-corrected chi connectivity index (χ1v) is 10.2. The van der Waals surface area contributed by atoms with Gasteiger partial charge in [-0.1, -0.05) is 36.5 Å². The van der Waals surface area contributed by atoms with Crippen LogP contribution in [0.15, 0.2) is 30.3 Å². The van der Waals surface area contributed by atoms with Crippen molar-refractivity contribution in [3.8, 4) is 0 Å². The molecule has 7 nitrogen and oxygen atoms in total. The fourth-order valence-corrected chi connectivity index (χ4v) is 3.80. The fourth-order valence-electron chi connectivity index (χ4n) is 3.06. The molecule has 0 radical (unpaired) electrons. The Morgan fingerprint density at radius 1 is 1.11 bits per heavy atom. The van der Waals surface area contributed by atoms with Gasteiger partial charge in [0.15, 0.2) is 0 Å². The van der Waals surface area contributed by atoms with Crippen molar-refractivity contribution in [2.75, 3.05) is 38.0 Å². The molecule has 0 atom stereocenters. The highest BCUT2D eigenvalue weighted by Crippen LogP contribution is 2.15. The maximum atomic E-state index is 12.4. The monoisotopic (exact) mass is 387 g/mol. The van der Waals surface area contributed by atoms with E-state index in [9.17, 15) is 9.59 Å². The highest BCUT2D eigenvalue weighted by Gasteiger charge is 2.21. The first-order chi connectivity index (χ1) is 13.2. The minimum absolute atomic E-state index is 0.150. The van der Waals surface area contributed by atoms with Crippen LogP contribution in [0.4, 0.5) is 5.69 Å². The summed E-state index contributed by atoms with van der Waals surface area (Å²) in [5, 5.41) is 11.8. The molecule has 1 N–H and O–H groups in total. The van der Waals surface area contributed by atoms with E-state index in [1.54, 1.807) is 0 Å². The molecule has 0 aliphatic carbocycles. The van der Waals surface area contributed by atoms with E-state index >= 15 is 0 Å². The number of anilines is 1. The zero-order chi connectivity index (χ0) is 19.1. The van der Waals surface area contributed by atoms with E-state index in [1.165, 1.54) is 11.3 Å². The fraction of sp³-hybridized carbons (Fsp3) is 0.474. The zero-order valence-electron chi connectivity index (χ0n) is 15.6. The summed E-state index contributed by atoms with van der Waals surface area (Å²) in [7, 11) is 0. The van der Waals surface area contributed by atoms with Gasteiger partial charge in [-0.3, -0.25) is 14.5 Å². The van der Waals surface area contributed by atoms with Gasteiger partial charge >= 0.3 is 0 Å². The van der Waals surface area contributed by atoms with Gasteiger partial charge in [0.25, 0.3) is 5.91 Å². The Hall–Kier alpha value is -2.32. The summed E-state index contributed by atoms with van der Waals surface area (Å²) in [6.45, 7) is 6.75. The maximum absolute atomic E-state index is 12.4. The number of aromatic nitrogens is 2. The summed E-state index contributed by atoms with van der Waals surface area (Å²) in [4.78, 5) is 28.9. The van der Waals surface area contributed by atoms with Crippen LogP contribution < -0.4 is 5.32 Å². The Bertz CT molecular complexity index is 756. The molecule has 0 saturated carbocycles. The van der Waals surface area contributed by atoms with E-state index in [0.29, 0.717) is 22.9 Å². The van der Waals surface area contributed by atoms with Gasteiger partial charge < -0.3 is 10.2 Å². The van der Waals surface area contributed by atoms with Crippen LogP contribution in [-0.2, 0) is 11.2 Å². The predicted octanol–water partition coefficient (Wildman–Crippen LogP) is 2.28. The molecule has 1 aliphatic heterocycles. The second kappa shape index (κ2) is 9.57. The van der Waals surface area contributed by atoms with Crippen LogP contribution in [-0.4, -0.2) is 64.5 Å². The van der Waals surface area contributed by atoms with Crippen LogP contribution in [0, 0.1) is 0 Å². The van der Waals surface area contributed by atoms with Crippen molar-refractivity contribution >= 4 is 28.8 Å². The molecule has 2 heterocycles. The molecular weight excluding hydrogens is 362 g/mol. The van der Waals surface area contributed by atoms with E-state index in [2.05, 4.69) is 27.3 Å². The third-order valence-electron chi connectivity index (χ3n) is 4.51. The highest BCUT2D eigenvalue weighted by atomic mass is 32.1. The quantitative estimate of drug-likeness (QED) is 0.789. The Morgan fingerprint density at radius 2 is 1.85 bits per heavy atom. The second-order valence-electron chi connectivity index (χ2n) is 6.54. The number of hydrogen-bond acceptors (Lipinski definition) is 6. The van der Waals surface area contributed by atoms with Gasteiger partial charge in [-0.15, -0.1) is 10.2 Å². The van der Waals surface area contributed by atoms with Gasteiger partial charge in [0.05, 0.1) is 0 Å². The molecule has 144 valence electrons. The summed E-state index contributed by atoms with van der Waals surface area (Å²) in [6, 6.07) is 9.24. The summed E-state index contributed by atoms with van der Waals surface area (Å²) >= 11 is 1.24. The van der Waals surface area contributed by atoms with E-state index in [-0.39, 0.29) is 11.8 Å². The van der Waals surface area contributed by atoms with E-state index in [4.69, 9.17) is 0 Å². The molecule has 0 bridgehead atoms. The van der Waals surface area contributed by atoms with Crippen LogP contribution in [0.25, 0.3) is 0 Å². The summed E-state index contributed by atoms with van der Waals surface area (Å²) in [5.41, 5.74) is 0.719. The third-order valence-corrected chi connectivity index (χ3v) is 5.49. The van der Waals surface area contributed by atoms with Crippen molar-refractivity contribution in [2.45, 2.75) is 26.2 Å². The lowest BCUT2D eigenvalue weighted by Gasteiger charge is -2.34. The Balaban J connectivity index is 1.45. The van der Waals surface area contributed by atoms with E-state index < -0.39 is 0 Å². The summed E-state index contributed by atoms with van der Waals surface area (Å²) in [5.74, 6) is -0.125. The number of carbonyl (C=O) groups excluding carboxylic acids is 2. The molecule has 0 spiro atoms. The Labute approximate surface area is 163 Å². The number of carbonyl (C=O) groups is 2. The van der Waals surface area contributed by atoms with Crippen LogP contribution in [0.2, 0.25) is 0 Å². The summed E-state index contributed by atoms with van der Waals surface area (Å²) < 4.78 is 0. The number of nitrogens with one attached hydrogen (secondary N) is 1. The number of benzene rings is 1. The number of hydrogen-bond donors (Lipinski definition) is 1. The second-order valence-corrected chi connectivity index (χ2v) is 7.61. The van der Waals surface area contributed by atoms with E-state index in [0.717, 1.165) is 44.8 Å². The normalized spacial score (nSPS) is 14.9. The average Bonchev–Trinajstić information content (AvgIpc) is 3.17. The number of rotatable bonds is 7. The van der Waals surface area contributed by atoms with E-state index in [1.807, 2.05) is 35.2 Å². The lowest BCUT2D eigenvalue weighted by molar-refractivity contribution is -0.132. The van der Waals surface area contributed by atoms with Gasteiger partial charge in [-0.25, -0.2) is 0 Å². The molecule has 1 fully saturated rings.